The first kappa shape index (κ1) is 16.4. The lowest BCUT2D eigenvalue weighted by atomic mass is 10.4. The molecule has 0 spiro atoms. The molecule has 0 atom stereocenters. The molecule has 122 valence electrons. The minimum atomic E-state index is -3.73. The third-order valence-corrected chi connectivity index (χ3v) is 5.75. The van der Waals surface area contributed by atoms with Gasteiger partial charge in [0.1, 0.15) is 5.82 Å². The van der Waals surface area contributed by atoms with Crippen LogP contribution in [0.1, 0.15) is 12.8 Å². The number of hydrogen-bond acceptors (Lipinski definition) is 4. The molecule has 1 saturated heterocycles. The molecule has 1 aromatic carbocycles. The SMILES string of the molecule is O=S(=O)(Nc1ccc(N2CCCC2)nc1)c1ccc(Cl)c(Cl)c1. The maximum absolute atomic E-state index is 12.4. The Labute approximate surface area is 145 Å². The number of rotatable bonds is 4. The van der Waals surface area contributed by atoms with E-state index in [4.69, 9.17) is 23.2 Å². The van der Waals surface area contributed by atoms with Crippen molar-refractivity contribution in [2.24, 2.45) is 0 Å². The number of aromatic nitrogens is 1. The molecular formula is C15H15Cl2N3O2S. The topological polar surface area (TPSA) is 62.3 Å². The Morgan fingerprint density at radius 1 is 1.04 bits per heavy atom. The Balaban J connectivity index is 1.78. The third-order valence-electron chi connectivity index (χ3n) is 3.63. The number of hydrogen-bond donors (Lipinski definition) is 1. The van der Waals surface area contributed by atoms with Gasteiger partial charge in [0.2, 0.25) is 0 Å². The summed E-state index contributed by atoms with van der Waals surface area (Å²) in [6.45, 7) is 1.97. The van der Waals surface area contributed by atoms with Crippen molar-refractivity contribution in [2.45, 2.75) is 17.7 Å². The lowest BCUT2D eigenvalue weighted by Gasteiger charge is -2.16. The van der Waals surface area contributed by atoms with Gasteiger partial charge in [-0.05, 0) is 43.2 Å². The summed E-state index contributed by atoms with van der Waals surface area (Å²) in [5.74, 6) is 0.861. The largest absolute Gasteiger partial charge is 0.357 e. The highest BCUT2D eigenvalue weighted by Gasteiger charge is 2.17. The average Bonchev–Trinajstić information content (AvgIpc) is 3.04. The fourth-order valence-electron chi connectivity index (χ4n) is 2.44. The summed E-state index contributed by atoms with van der Waals surface area (Å²) >= 11 is 11.7. The molecule has 8 heteroatoms. The molecule has 23 heavy (non-hydrogen) atoms. The van der Waals surface area contributed by atoms with E-state index in [1.807, 2.05) is 6.07 Å². The molecule has 0 unspecified atom stereocenters. The van der Waals surface area contributed by atoms with Crippen LogP contribution in [0, 0.1) is 0 Å². The number of halogens is 2. The monoisotopic (exact) mass is 371 g/mol. The van der Waals surface area contributed by atoms with Crippen LogP contribution in [0.15, 0.2) is 41.4 Å². The van der Waals surface area contributed by atoms with E-state index >= 15 is 0 Å². The Morgan fingerprint density at radius 3 is 2.39 bits per heavy atom. The van der Waals surface area contributed by atoms with Gasteiger partial charge in [-0.1, -0.05) is 23.2 Å². The van der Waals surface area contributed by atoms with E-state index in [9.17, 15) is 8.42 Å². The summed E-state index contributed by atoms with van der Waals surface area (Å²) in [5.41, 5.74) is 0.402. The van der Waals surface area contributed by atoms with Gasteiger partial charge in [-0.3, -0.25) is 4.72 Å². The fourth-order valence-corrected chi connectivity index (χ4v) is 3.87. The predicted molar refractivity (Wildman–Crippen MR) is 93.0 cm³/mol. The standard InChI is InChI=1S/C15H15Cl2N3O2S/c16-13-5-4-12(9-14(13)17)23(21,22)19-11-3-6-15(18-10-11)20-7-1-2-8-20/h3-6,9-10,19H,1-2,7-8H2. The van der Waals surface area contributed by atoms with Gasteiger partial charge in [0.15, 0.2) is 0 Å². The molecule has 3 rings (SSSR count). The van der Waals surface area contributed by atoms with Crippen LogP contribution >= 0.6 is 23.2 Å². The van der Waals surface area contributed by atoms with Crippen LogP contribution in [-0.2, 0) is 10.0 Å². The van der Waals surface area contributed by atoms with Gasteiger partial charge in [-0.15, -0.1) is 0 Å². The van der Waals surface area contributed by atoms with E-state index in [0.29, 0.717) is 10.7 Å². The van der Waals surface area contributed by atoms with Crippen molar-refractivity contribution in [1.82, 2.24) is 4.98 Å². The second-order valence-corrected chi connectivity index (χ2v) is 7.78. The number of sulfonamides is 1. The molecular weight excluding hydrogens is 357 g/mol. The number of nitrogens with one attached hydrogen (secondary N) is 1. The summed E-state index contributed by atoms with van der Waals surface area (Å²) in [6, 6.07) is 7.70. The zero-order chi connectivity index (χ0) is 16.4. The fraction of sp³-hybridized carbons (Fsp3) is 0.267. The van der Waals surface area contributed by atoms with E-state index < -0.39 is 10.0 Å². The average molecular weight is 372 g/mol. The summed E-state index contributed by atoms with van der Waals surface area (Å²) in [6.07, 6.45) is 3.84. The first-order valence-corrected chi connectivity index (χ1v) is 9.38. The number of nitrogens with zero attached hydrogens (tertiary/aromatic N) is 2. The summed E-state index contributed by atoms with van der Waals surface area (Å²) in [7, 11) is -3.73. The van der Waals surface area contributed by atoms with Crippen LogP contribution in [0.3, 0.4) is 0 Å². The van der Waals surface area contributed by atoms with Crippen molar-refractivity contribution in [3.8, 4) is 0 Å². The van der Waals surface area contributed by atoms with Gasteiger partial charge in [-0.25, -0.2) is 13.4 Å². The second-order valence-electron chi connectivity index (χ2n) is 5.28. The molecule has 0 bridgehead atoms. The van der Waals surface area contributed by atoms with Gasteiger partial charge >= 0.3 is 0 Å². The molecule has 0 radical (unpaired) electrons. The first-order valence-electron chi connectivity index (χ1n) is 7.14. The van der Waals surface area contributed by atoms with Gasteiger partial charge in [0.25, 0.3) is 10.0 Å². The highest BCUT2D eigenvalue weighted by atomic mass is 35.5. The molecule has 1 fully saturated rings. The predicted octanol–water partition coefficient (Wildman–Crippen LogP) is 3.79. The van der Waals surface area contributed by atoms with Crippen LogP contribution < -0.4 is 9.62 Å². The van der Waals surface area contributed by atoms with Crippen LogP contribution in [0.25, 0.3) is 0 Å². The molecule has 2 aromatic rings. The zero-order valence-corrected chi connectivity index (χ0v) is 14.5. The van der Waals surface area contributed by atoms with Gasteiger partial charge in [0.05, 0.1) is 26.8 Å². The Morgan fingerprint density at radius 2 is 1.78 bits per heavy atom. The van der Waals surface area contributed by atoms with E-state index in [1.165, 1.54) is 24.4 Å². The van der Waals surface area contributed by atoms with Crippen molar-refractivity contribution in [3.63, 3.8) is 0 Å². The maximum atomic E-state index is 12.4. The van der Waals surface area contributed by atoms with Gasteiger partial charge in [-0.2, -0.15) is 0 Å². The molecule has 2 heterocycles. The van der Waals surface area contributed by atoms with Crippen molar-refractivity contribution >= 4 is 44.7 Å². The Bertz CT molecular complexity index is 804. The van der Waals surface area contributed by atoms with Crippen molar-refractivity contribution < 1.29 is 8.42 Å². The summed E-state index contributed by atoms with van der Waals surface area (Å²) < 4.78 is 27.2. The Kier molecular flexibility index (Phi) is 4.66. The van der Waals surface area contributed by atoms with E-state index in [1.54, 1.807) is 6.07 Å². The molecule has 1 N–H and O–H groups in total. The first-order chi connectivity index (χ1) is 11.0. The zero-order valence-electron chi connectivity index (χ0n) is 12.2. The summed E-state index contributed by atoms with van der Waals surface area (Å²) in [5, 5.41) is 0.499. The molecule has 1 aromatic heterocycles. The Hall–Kier alpha value is -1.50. The summed E-state index contributed by atoms with van der Waals surface area (Å²) in [4.78, 5) is 6.55. The third kappa shape index (κ3) is 3.71. The van der Waals surface area contributed by atoms with Crippen LogP contribution in [0.5, 0.6) is 0 Å². The minimum absolute atomic E-state index is 0.0514. The second kappa shape index (κ2) is 6.55. The van der Waals surface area contributed by atoms with E-state index in [2.05, 4.69) is 14.6 Å². The molecule has 0 aliphatic carbocycles. The lowest BCUT2D eigenvalue weighted by Crippen LogP contribution is -2.19. The highest BCUT2D eigenvalue weighted by molar-refractivity contribution is 7.92. The molecule has 5 nitrogen and oxygen atoms in total. The normalized spacial score (nSPS) is 15.0. The molecule has 1 aliphatic heterocycles. The number of benzene rings is 1. The van der Waals surface area contributed by atoms with E-state index in [0.717, 1.165) is 31.7 Å². The van der Waals surface area contributed by atoms with E-state index in [-0.39, 0.29) is 9.92 Å². The smallest absolute Gasteiger partial charge is 0.261 e. The van der Waals surface area contributed by atoms with Crippen LogP contribution in [-0.4, -0.2) is 26.5 Å². The molecule has 1 aliphatic rings. The van der Waals surface area contributed by atoms with Gasteiger partial charge in [0, 0.05) is 13.1 Å². The highest BCUT2D eigenvalue weighted by Crippen LogP contribution is 2.26. The maximum Gasteiger partial charge on any atom is 0.261 e. The van der Waals surface area contributed by atoms with Crippen LogP contribution in [0.2, 0.25) is 10.0 Å². The van der Waals surface area contributed by atoms with Crippen molar-refractivity contribution in [1.29, 1.82) is 0 Å². The molecule has 0 amide bonds. The quantitative estimate of drug-likeness (QED) is 0.887. The van der Waals surface area contributed by atoms with Crippen molar-refractivity contribution in [2.75, 3.05) is 22.7 Å². The number of pyridine rings is 1. The number of anilines is 2. The lowest BCUT2D eigenvalue weighted by molar-refractivity contribution is 0.601. The molecule has 0 saturated carbocycles. The van der Waals surface area contributed by atoms with Crippen LogP contribution in [0.4, 0.5) is 11.5 Å². The minimum Gasteiger partial charge on any atom is -0.357 e. The van der Waals surface area contributed by atoms with Gasteiger partial charge < -0.3 is 4.90 Å². The van der Waals surface area contributed by atoms with Crippen molar-refractivity contribution in [3.05, 3.63) is 46.6 Å².